The van der Waals surface area contributed by atoms with Crippen molar-refractivity contribution >= 4 is 27.6 Å². The normalized spacial score (nSPS) is 27.8. The highest BCUT2D eigenvalue weighted by molar-refractivity contribution is 7.90. The summed E-state index contributed by atoms with van der Waals surface area (Å²) in [5.74, 6) is 2.00. The zero-order valence-electron chi connectivity index (χ0n) is 20.0. The van der Waals surface area contributed by atoms with Crippen LogP contribution in [0.25, 0.3) is 0 Å². The number of hydrogen-bond donors (Lipinski definition) is 2. The van der Waals surface area contributed by atoms with Crippen molar-refractivity contribution in [1.29, 1.82) is 0 Å². The van der Waals surface area contributed by atoms with E-state index in [-0.39, 0.29) is 26.1 Å². The number of pyridine rings is 2. The van der Waals surface area contributed by atoms with Gasteiger partial charge >= 0.3 is 0 Å². The van der Waals surface area contributed by atoms with Crippen LogP contribution in [0, 0.1) is 17.8 Å². The smallest absolute Gasteiger partial charge is 0.268 e. The van der Waals surface area contributed by atoms with E-state index < -0.39 is 15.9 Å². The Kier molecular flexibility index (Phi) is 5.58. The first-order valence-corrected chi connectivity index (χ1v) is 13.6. The summed E-state index contributed by atoms with van der Waals surface area (Å²) < 4.78 is 28.0. The first-order valence-electron chi connectivity index (χ1n) is 12.1. The molecule has 4 atom stereocenters. The van der Waals surface area contributed by atoms with Crippen LogP contribution in [0.15, 0.2) is 35.4 Å². The quantitative estimate of drug-likeness (QED) is 0.637. The van der Waals surface area contributed by atoms with Crippen LogP contribution in [-0.4, -0.2) is 36.4 Å². The molecule has 3 fully saturated rings. The number of fused-ring (bicyclic) bond motifs is 2. The predicted octanol–water partition coefficient (Wildman–Crippen LogP) is 4.44. The summed E-state index contributed by atoms with van der Waals surface area (Å²) in [6.07, 6.45) is 7.34. The molecule has 3 unspecified atom stereocenters. The monoisotopic (exact) mass is 489 g/mol. The number of nitrogen functional groups attached to an aromatic ring is 1. The third-order valence-electron chi connectivity index (χ3n) is 7.90. The number of nitrogens with zero attached hydrogens (tertiary/aromatic N) is 3. The van der Waals surface area contributed by atoms with Crippen LogP contribution < -0.4 is 15.4 Å². The zero-order valence-corrected chi connectivity index (χ0v) is 20.8. The first-order chi connectivity index (χ1) is 16.0. The Morgan fingerprint density at radius 1 is 1.24 bits per heavy atom. The van der Waals surface area contributed by atoms with Crippen LogP contribution in [0.2, 0.25) is 0 Å². The Bertz CT molecular complexity index is 1240. The van der Waals surface area contributed by atoms with Gasteiger partial charge in [0.05, 0.1) is 5.56 Å². The number of nitrogens with one attached hydrogen (secondary N) is 1. The second-order valence-corrected chi connectivity index (χ2v) is 12.6. The lowest BCUT2D eigenvalue weighted by molar-refractivity contribution is 0.0981. The fraction of sp³-hybridized carbons (Fsp3) is 0.560. The van der Waals surface area contributed by atoms with Crippen molar-refractivity contribution in [3.05, 3.63) is 41.7 Å². The minimum Gasteiger partial charge on any atom is -0.383 e. The van der Waals surface area contributed by atoms with Crippen molar-refractivity contribution in [2.24, 2.45) is 17.8 Å². The van der Waals surface area contributed by atoms with Crippen LogP contribution in [-0.2, 0) is 10.0 Å². The SMILES string of the molecule is C[C@@H]1CN(c2nc(C3CC4CCC3C4)ccc2C(=O)NS(=O)(=O)c2cccnc2N)C(C)(C)C1.[HH].[HH].[HH]. The van der Waals surface area contributed by atoms with Gasteiger partial charge in [-0.25, -0.2) is 23.1 Å². The van der Waals surface area contributed by atoms with Crippen molar-refractivity contribution in [1.82, 2.24) is 14.7 Å². The summed E-state index contributed by atoms with van der Waals surface area (Å²) in [7, 11) is -4.18. The minimum atomic E-state index is -4.18. The molecule has 0 aromatic carbocycles. The van der Waals surface area contributed by atoms with Gasteiger partial charge in [0, 0.05) is 34.2 Å². The molecule has 2 aliphatic carbocycles. The highest BCUT2D eigenvalue weighted by atomic mass is 32.2. The molecule has 2 aromatic heterocycles. The number of hydrogen-bond acceptors (Lipinski definition) is 7. The number of anilines is 2. The molecular weight excluding hydrogens is 450 g/mol. The maximum Gasteiger partial charge on any atom is 0.268 e. The Morgan fingerprint density at radius 2 is 2.03 bits per heavy atom. The number of sulfonamides is 1. The Balaban J connectivity index is 0.00000160. The molecule has 3 aliphatic rings. The molecule has 8 nitrogen and oxygen atoms in total. The van der Waals surface area contributed by atoms with Crippen molar-refractivity contribution < 1.29 is 17.5 Å². The highest BCUT2D eigenvalue weighted by Gasteiger charge is 2.43. The maximum absolute atomic E-state index is 13.4. The largest absolute Gasteiger partial charge is 0.383 e. The molecular formula is C25H39N5O3S. The van der Waals surface area contributed by atoms with Crippen LogP contribution >= 0.6 is 0 Å². The van der Waals surface area contributed by atoms with E-state index in [1.165, 1.54) is 37.6 Å². The van der Waals surface area contributed by atoms with E-state index in [0.717, 1.165) is 31.0 Å². The summed E-state index contributed by atoms with van der Waals surface area (Å²) in [5.41, 5.74) is 6.85. The van der Waals surface area contributed by atoms with Gasteiger partial charge in [-0.05, 0) is 81.5 Å². The molecule has 2 aromatic rings. The topological polar surface area (TPSA) is 118 Å². The van der Waals surface area contributed by atoms with Gasteiger partial charge in [-0.1, -0.05) is 13.3 Å². The average Bonchev–Trinajstić information content (AvgIpc) is 3.47. The Labute approximate surface area is 205 Å². The molecule has 0 spiro atoms. The molecule has 3 heterocycles. The second kappa shape index (κ2) is 8.22. The van der Waals surface area contributed by atoms with Crippen LogP contribution in [0.1, 0.15) is 79.1 Å². The predicted molar refractivity (Wildman–Crippen MR) is 137 cm³/mol. The van der Waals surface area contributed by atoms with Gasteiger partial charge in [0.2, 0.25) is 0 Å². The summed E-state index contributed by atoms with van der Waals surface area (Å²) in [6.45, 7) is 7.26. The summed E-state index contributed by atoms with van der Waals surface area (Å²) in [6, 6.07) is 6.47. The molecule has 2 bridgehead atoms. The molecule has 5 rings (SSSR count). The maximum atomic E-state index is 13.4. The summed E-state index contributed by atoms with van der Waals surface area (Å²) in [5, 5.41) is 0. The van der Waals surface area contributed by atoms with Gasteiger partial charge in [-0.3, -0.25) is 4.79 Å². The van der Waals surface area contributed by atoms with Crippen molar-refractivity contribution in [3.8, 4) is 0 Å². The molecule has 2 saturated carbocycles. The molecule has 188 valence electrons. The third kappa shape index (κ3) is 4.04. The minimum absolute atomic E-state index is 0. The van der Waals surface area contributed by atoms with Gasteiger partial charge < -0.3 is 10.6 Å². The first kappa shape index (κ1) is 23.1. The summed E-state index contributed by atoms with van der Waals surface area (Å²) in [4.78, 5) is 24.2. The van der Waals surface area contributed by atoms with Gasteiger partial charge in [0.1, 0.15) is 16.5 Å². The van der Waals surface area contributed by atoms with Crippen LogP contribution in [0.3, 0.4) is 0 Å². The van der Waals surface area contributed by atoms with E-state index >= 15 is 0 Å². The van der Waals surface area contributed by atoms with Crippen LogP contribution in [0.4, 0.5) is 11.6 Å². The highest BCUT2D eigenvalue weighted by Crippen LogP contribution is 2.53. The third-order valence-corrected chi connectivity index (χ3v) is 9.28. The van der Waals surface area contributed by atoms with E-state index in [4.69, 9.17) is 10.7 Å². The van der Waals surface area contributed by atoms with E-state index in [1.54, 1.807) is 6.07 Å². The van der Waals surface area contributed by atoms with Crippen LogP contribution in [0.5, 0.6) is 0 Å². The lowest BCUT2D eigenvalue weighted by Gasteiger charge is -2.34. The van der Waals surface area contributed by atoms with E-state index in [2.05, 4.69) is 35.4 Å². The van der Waals surface area contributed by atoms with Crippen molar-refractivity contribution in [3.63, 3.8) is 0 Å². The number of aromatic nitrogens is 2. The van der Waals surface area contributed by atoms with E-state index in [9.17, 15) is 13.2 Å². The fourth-order valence-electron chi connectivity index (χ4n) is 6.48. The molecule has 9 heteroatoms. The van der Waals surface area contributed by atoms with Gasteiger partial charge in [0.25, 0.3) is 15.9 Å². The number of carbonyl (C=O) groups is 1. The number of amides is 1. The van der Waals surface area contributed by atoms with Gasteiger partial charge in [-0.2, -0.15) is 0 Å². The van der Waals surface area contributed by atoms with Crippen molar-refractivity contribution in [2.45, 2.75) is 69.2 Å². The molecule has 1 amide bonds. The van der Waals surface area contributed by atoms with Gasteiger partial charge in [-0.15, -0.1) is 0 Å². The Morgan fingerprint density at radius 3 is 2.65 bits per heavy atom. The zero-order chi connectivity index (χ0) is 24.3. The molecule has 1 aliphatic heterocycles. The molecule has 0 radical (unpaired) electrons. The molecule has 1 saturated heterocycles. The Hall–Kier alpha value is -2.68. The molecule has 3 N–H and O–H groups in total. The number of carbonyl (C=O) groups excluding carboxylic acids is 1. The van der Waals surface area contributed by atoms with E-state index in [1.807, 2.05) is 6.07 Å². The lowest BCUT2D eigenvalue weighted by Crippen LogP contribution is -2.41. The average molecular weight is 490 g/mol. The summed E-state index contributed by atoms with van der Waals surface area (Å²) >= 11 is 0. The lowest BCUT2D eigenvalue weighted by atomic mass is 9.86. The standard InChI is InChI=1S/C25H33N5O3S.3H2/c1-15-13-25(2,3)30(14-15)23-18(8-9-20(28-23)19-12-16-6-7-17(19)11-16)24(31)29-34(32,33)21-5-4-10-27-22(21)26;;;/h4-5,8-10,15-17,19H,6-7,11-14H2,1-3H3,(H2,26,27)(H,29,31);3*1H/t15-,16?,17?,19?;;;/m0.../s1. The van der Waals surface area contributed by atoms with Crippen molar-refractivity contribution in [2.75, 3.05) is 17.2 Å². The second-order valence-electron chi connectivity index (χ2n) is 10.9. The van der Waals surface area contributed by atoms with Gasteiger partial charge in [0.15, 0.2) is 0 Å². The van der Waals surface area contributed by atoms with E-state index in [0.29, 0.717) is 23.6 Å². The number of nitrogens with two attached hydrogens (primary N) is 1. The fourth-order valence-corrected chi connectivity index (χ4v) is 7.53. The number of rotatable bonds is 5. The molecule has 34 heavy (non-hydrogen) atoms.